The van der Waals surface area contributed by atoms with Crippen molar-refractivity contribution in [2.24, 2.45) is 5.41 Å². The largest absolute Gasteiger partial charge is 0.395 e. The summed E-state index contributed by atoms with van der Waals surface area (Å²) in [5.74, 6) is 0. The monoisotopic (exact) mass is 270 g/mol. The molecule has 1 aliphatic carbocycles. The van der Waals surface area contributed by atoms with Crippen molar-refractivity contribution in [3.05, 3.63) is 12.7 Å². The van der Waals surface area contributed by atoms with E-state index < -0.39 is 0 Å². The first-order chi connectivity index (χ1) is 8.82. The Morgan fingerprint density at radius 2 is 2.21 bits per heavy atom. The zero-order valence-electron chi connectivity index (χ0n) is 12.4. The Balaban J connectivity index is 2.61. The molecule has 0 spiro atoms. The quantitative estimate of drug-likeness (QED) is 0.717. The van der Waals surface area contributed by atoms with E-state index in [2.05, 4.69) is 32.7 Å². The molecular formula is C14H26N2O3. The highest BCUT2D eigenvalue weighted by molar-refractivity contribution is 5.75. The van der Waals surface area contributed by atoms with Gasteiger partial charge in [0.2, 0.25) is 0 Å². The lowest BCUT2D eigenvalue weighted by atomic mass is 9.56. The van der Waals surface area contributed by atoms with Gasteiger partial charge in [0.15, 0.2) is 0 Å². The number of nitrogens with one attached hydrogen (secondary N) is 1. The molecule has 5 nitrogen and oxygen atoms in total. The van der Waals surface area contributed by atoms with E-state index in [9.17, 15) is 4.79 Å². The average molecular weight is 270 g/mol. The molecule has 0 heterocycles. The third-order valence-electron chi connectivity index (χ3n) is 4.58. The number of aliphatic hydroxyl groups excluding tert-OH is 1. The normalized spacial score (nSPS) is 28.4. The van der Waals surface area contributed by atoms with Crippen LogP contribution < -0.4 is 5.32 Å². The SMILES string of the molecule is C=CCN(CCO)C(=O)NC1CC(C)(OC)C1(C)C. The molecule has 2 atom stereocenters. The molecule has 0 aliphatic heterocycles. The average Bonchev–Trinajstić information content (AvgIpc) is 2.37. The number of hydrogen-bond donors (Lipinski definition) is 2. The van der Waals surface area contributed by atoms with Crippen LogP contribution >= 0.6 is 0 Å². The summed E-state index contributed by atoms with van der Waals surface area (Å²) in [5.41, 5.74) is -0.318. The lowest BCUT2D eigenvalue weighted by Crippen LogP contribution is -2.69. The number of amides is 2. The fourth-order valence-corrected chi connectivity index (χ4v) is 2.52. The summed E-state index contributed by atoms with van der Waals surface area (Å²) in [6.45, 7) is 10.6. The van der Waals surface area contributed by atoms with Crippen molar-refractivity contribution in [3.63, 3.8) is 0 Å². The lowest BCUT2D eigenvalue weighted by molar-refractivity contribution is -0.177. The smallest absolute Gasteiger partial charge is 0.317 e. The van der Waals surface area contributed by atoms with Crippen LogP contribution in [0.1, 0.15) is 27.2 Å². The second-order valence-corrected chi connectivity index (χ2v) is 5.82. The maximum absolute atomic E-state index is 12.1. The minimum Gasteiger partial charge on any atom is -0.395 e. The van der Waals surface area contributed by atoms with Gasteiger partial charge >= 0.3 is 6.03 Å². The van der Waals surface area contributed by atoms with Crippen molar-refractivity contribution in [2.45, 2.75) is 38.8 Å². The Hall–Kier alpha value is -1.07. The molecule has 0 aromatic rings. The number of methoxy groups -OCH3 is 1. The van der Waals surface area contributed by atoms with Gasteiger partial charge in [-0.15, -0.1) is 6.58 Å². The molecule has 5 heteroatoms. The fourth-order valence-electron chi connectivity index (χ4n) is 2.52. The van der Waals surface area contributed by atoms with Crippen LogP contribution in [0.15, 0.2) is 12.7 Å². The van der Waals surface area contributed by atoms with Crippen molar-refractivity contribution in [3.8, 4) is 0 Å². The number of rotatable bonds is 6. The van der Waals surface area contributed by atoms with Crippen LogP contribution in [0.3, 0.4) is 0 Å². The molecule has 0 saturated heterocycles. The van der Waals surface area contributed by atoms with E-state index in [-0.39, 0.29) is 29.7 Å². The van der Waals surface area contributed by atoms with Crippen LogP contribution in [0.25, 0.3) is 0 Å². The Morgan fingerprint density at radius 1 is 1.58 bits per heavy atom. The summed E-state index contributed by atoms with van der Waals surface area (Å²) in [7, 11) is 1.70. The van der Waals surface area contributed by atoms with E-state index in [4.69, 9.17) is 9.84 Å². The molecule has 1 rings (SSSR count). The zero-order valence-corrected chi connectivity index (χ0v) is 12.4. The standard InChI is InChI=1S/C14H26N2O3/c1-6-7-16(8-9-17)12(18)15-11-10-14(4,19-5)13(11,2)3/h6,11,17H,1,7-10H2,2-5H3,(H,15,18). The molecule has 0 aromatic carbocycles. The summed E-state index contributed by atoms with van der Waals surface area (Å²) >= 11 is 0. The number of carbonyl (C=O) groups excluding carboxylic acids is 1. The third-order valence-corrected chi connectivity index (χ3v) is 4.58. The first kappa shape index (κ1) is 16.0. The highest BCUT2D eigenvalue weighted by Gasteiger charge is 2.58. The van der Waals surface area contributed by atoms with Gasteiger partial charge in [0.1, 0.15) is 0 Å². The van der Waals surface area contributed by atoms with Gasteiger partial charge in [-0.2, -0.15) is 0 Å². The number of hydrogen-bond acceptors (Lipinski definition) is 3. The number of urea groups is 1. The summed E-state index contributed by atoms with van der Waals surface area (Å²) in [5, 5.41) is 12.0. The molecule has 1 aliphatic rings. The van der Waals surface area contributed by atoms with Gasteiger partial charge in [-0.1, -0.05) is 19.9 Å². The first-order valence-corrected chi connectivity index (χ1v) is 6.64. The van der Waals surface area contributed by atoms with Crippen molar-refractivity contribution < 1.29 is 14.6 Å². The summed E-state index contributed by atoms with van der Waals surface area (Å²) in [6, 6.07) is -0.0823. The second-order valence-electron chi connectivity index (χ2n) is 5.82. The van der Waals surface area contributed by atoms with E-state index in [0.29, 0.717) is 13.1 Å². The Bertz CT molecular complexity index is 344. The molecule has 1 fully saturated rings. The molecule has 19 heavy (non-hydrogen) atoms. The van der Waals surface area contributed by atoms with E-state index in [1.807, 2.05) is 0 Å². The number of nitrogens with zero attached hydrogens (tertiary/aromatic N) is 1. The number of ether oxygens (including phenoxy) is 1. The van der Waals surface area contributed by atoms with E-state index in [1.54, 1.807) is 18.1 Å². The Morgan fingerprint density at radius 3 is 2.63 bits per heavy atom. The highest BCUT2D eigenvalue weighted by Crippen LogP contribution is 2.51. The van der Waals surface area contributed by atoms with Crippen LogP contribution in [0, 0.1) is 5.41 Å². The van der Waals surface area contributed by atoms with Crippen molar-refractivity contribution in [1.82, 2.24) is 10.2 Å². The molecule has 2 amide bonds. The molecular weight excluding hydrogens is 244 g/mol. The van der Waals surface area contributed by atoms with Crippen molar-refractivity contribution >= 4 is 6.03 Å². The van der Waals surface area contributed by atoms with Crippen LogP contribution in [0.5, 0.6) is 0 Å². The third kappa shape index (κ3) is 2.92. The lowest BCUT2D eigenvalue weighted by Gasteiger charge is -2.59. The Kier molecular flexibility index (Phi) is 4.98. The summed E-state index contributed by atoms with van der Waals surface area (Å²) in [4.78, 5) is 13.7. The number of aliphatic hydroxyl groups is 1. The van der Waals surface area contributed by atoms with Crippen LogP contribution in [-0.2, 0) is 4.74 Å². The predicted octanol–water partition coefficient (Wildman–Crippen LogP) is 1.38. The fraction of sp³-hybridized carbons (Fsp3) is 0.786. The van der Waals surface area contributed by atoms with E-state index in [1.165, 1.54) is 0 Å². The minimum atomic E-state index is -0.203. The predicted molar refractivity (Wildman–Crippen MR) is 75.0 cm³/mol. The van der Waals surface area contributed by atoms with Crippen LogP contribution in [0.2, 0.25) is 0 Å². The van der Waals surface area contributed by atoms with E-state index >= 15 is 0 Å². The first-order valence-electron chi connectivity index (χ1n) is 6.64. The van der Waals surface area contributed by atoms with Crippen molar-refractivity contribution in [1.29, 1.82) is 0 Å². The molecule has 110 valence electrons. The number of carbonyl (C=O) groups is 1. The summed E-state index contributed by atoms with van der Waals surface area (Å²) in [6.07, 6.45) is 2.45. The van der Waals surface area contributed by atoms with Gasteiger partial charge in [-0.05, 0) is 13.3 Å². The van der Waals surface area contributed by atoms with Gasteiger partial charge in [-0.25, -0.2) is 4.79 Å². The van der Waals surface area contributed by atoms with E-state index in [0.717, 1.165) is 6.42 Å². The molecule has 1 saturated carbocycles. The van der Waals surface area contributed by atoms with Crippen molar-refractivity contribution in [2.75, 3.05) is 26.8 Å². The summed E-state index contributed by atoms with van der Waals surface area (Å²) < 4.78 is 5.54. The molecule has 0 radical (unpaired) electrons. The maximum Gasteiger partial charge on any atom is 0.317 e. The van der Waals surface area contributed by atoms with Crippen LogP contribution in [-0.4, -0.2) is 54.5 Å². The molecule has 0 aromatic heterocycles. The highest BCUT2D eigenvalue weighted by atomic mass is 16.5. The Labute approximate surface area is 115 Å². The van der Waals surface area contributed by atoms with Crippen LogP contribution in [0.4, 0.5) is 4.79 Å². The molecule has 0 bridgehead atoms. The van der Waals surface area contributed by atoms with Gasteiger partial charge in [0.05, 0.1) is 12.2 Å². The second kappa shape index (κ2) is 5.92. The van der Waals surface area contributed by atoms with Gasteiger partial charge in [-0.3, -0.25) is 0 Å². The van der Waals surface area contributed by atoms with Gasteiger partial charge in [0.25, 0.3) is 0 Å². The van der Waals surface area contributed by atoms with Gasteiger partial charge in [0, 0.05) is 31.7 Å². The van der Waals surface area contributed by atoms with Gasteiger partial charge < -0.3 is 20.1 Å². The molecule has 2 N–H and O–H groups in total. The maximum atomic E-state index is 12.1. The molecule has 2 unspecified atom stereocenters. The zero-order chi connectivity index (χ0) is 14.7. The minimum absolute atomic E-state index is 0.0505. The topological polar surface area (TPSA) is 61.8 Å².